The first-order chi connectivity index (χ1) is 13.6. The predicted octanol–water partition coefficient (Wildman–Crippen LogP) is 2.62. The normalized spacial score (nSPS) is 14.6. The van der Waals surface area contributed by atoms with E-state index in [0.29, 0.717) is 5.69 Å². The van der Waals surface area contributed by atoms with Crippen LogP contribution in [-0.4, -0.2) is 56.7 Å². The molecule has 0 aliphatic carbocycles. The number of aliphatic hydroxyl groups excluding tert-OH is 1. The molecular formula is C21H28FN3O4. The summed E-state index contributed by atoms with van der Waals surface area (Å²) in [6, 6.07) is 6.12. The number of β-amino-alcohol motifs (C(OH)–C–C–N with tert-alkyl or cyclic N) is 1. The smallest absolute Gasteiger partial charge is 0.257 e. The van der Waals surface area contributed by atoms with Gasteiger partial charge in [0, 0.05) is 14.0 Å². The molecule has 0 atom stereocenters. The minimum absolute atomic E-state index is 0.00896. The van der Waals surface area contributed by atoms with Crippen LogP contribution >= 0.6 is 0 Å². The highest BCUT2D eigenvalue weighted by atomic mass is 19.1. The van der Waals surface area contributed by atoms with Crippen molar-refractivity contribution >= 4 is 23.2 Å². The number of likely N-dealkylation sites (tertiary alicyclic amines) is 1. The Labute approximate surface area is 169 Å². The van der Waals surface area contributed by atoms with Crippen LogP contribution in [0.25, 0.3) is 0 Å². The molecule has 0 radical (unpaired) electrons. The molecule has 2 aromatic rings. The Kier molecular flexibility index (Phi) is 6.81. The lowest BCUT2D eigenvalue weighted by Gasteiger charge is -2.45. The van der Waals surface area contributed by atoms with Crippen LogP contribution in [0.15, 0.2) is 24.3 Å². The average molecular weight is 405 g/mol. The molecular weight excluding hydrogens is 377 g/mol. The van der Waals surface area contributed by atoms with Crippen molar-refractivity contribution in [2.24, 2.45) is 7.05 Å². The third-order valence-corrected chi connectivity index (χ3v) is 4.75. The number of aryl methyl sites for hydroxylation is 1. The van der Waals surface area contributed by atoms with E-state index in [1.807, 2.05) is 13.8 Å². The van der Waals surface area contributed by atoms with Crippen LogP contribution in [0, 0.1) is 12.7 Å². The van der Waals surface area contributed by atoms with Crippen LogP contribution in [0.5, 0.6) is 0 Å². The Balaban J connectivity index is 0.00000145. The standard InChI is InChI=1S/C19H22FN3O4.C2H6/c1-11-4-5-15(14(20)6-11)21-17-13(7-16(12(2)25)22(17)3)18(26)23-8-19(27,9-23)10-24;1-2/h4-7,21,24,27H,8-10H2,1-3H3;1-2H3. The van der Waals surface area contributed by atoms with Crippen LogP contribution in [0.1, 0.15) is 47.2 Å². The quantitative estimate of drug-likeness (QED) is 0.665. The Morgan fingerprint density at radius 2 is 1.86 bits per heavy atom. The Morgan fingerprint density at radius 3 is 2.38 bits per heavy atom. The number of benzene rings is 1. The van der Waals surface area contributed by atoms with Gasteiger partial charge in [0.2, 0.25) is 0 Å². The lowest BCUT2D eigenvalue weighted by molar-refractivity contribution is -0.109. The lowest BCUT2D eigenvalue weighted by atomic mass is 9.94. The van der Waals surface area contributed by atoms with Crippen LogP contribution < -0.4 is 5.32 Å². The number of halogens is 1. The van der Waals surface area contributed by atoms with E-state index >= 15 is 0 Å². The van der Waals surface area contributed by atoms with Gasteiger partial charge in [-0.15, -0.1) is 0 Å². The maximum atomic E-state index is 14.3. The molecule has 3 rings (SSSR count). The summed E-state index contributed by atoms with van der Waals surface area (Å²) in [5.74, 6) is -0.837. The number of Topliss-reactive ketones (excluding diaryl/α,β-unsaturated/α-hetero) is 1. The summed E-state index contributed by atoms with van der Waals surface area (Å²) in [4.78, 5) is 26.1. The molecule has 1 aliphatic rings. The maximum Gasteiger partial charge on any atom is 0.257 e. The van der Waals surface area contributed by atoms with Crippen molar-refractivity contribution in [2.75, 3.05) is 25.0 Å². The van der Waals surface area contributed by atoms with E-state index in [4.69, 9.17) is 5.11 Å². The van der Waals surface area contributed by atoms with E-state index in [1.165, 1.54) is 28.5 Å². The second kappa shape index (κ2) is 8.75. The van der Waals surface area contributed by atoms with Gasteiger partial charge >= 0.3 is 0 Å². The van der Waals surface area contributed by atoms with Crippen molar-refractivity contribution in [3.8, 4) is 0 Å². The summed E-state index contributed by atoms with van der Waals surface area (Å²) in [5.41, 5.74) is 0.134. The molecule has 3 N–H and O–H groups in total. The fourth-order valence-corrected chi connectivity index (χ4v) is 3.18. The van der Waals surface area contributed by atoms with E-state index in [0.717, 1.165) is 5.56 Å². The number of anilines is 2. The molecule has 0 spiro atoms. The minimum Gasteiger partial charge on any atom is -0.393 e. The molecule has 158 valence electrons. The monoisotopic (exact) mass is 405 g/mol. The molecule has 7 nitrogen and oxygen atoms in total. The van der Waals surface area contributed by atoms with Crippen molar-refractivity contribution in [3.05, 3.63) is 46.9 Å². The number of nitrogens with zero attached hydrogens (tertiary/aromatic N) is 2. The van der Waals surface area contributed by atoms with Gasteiger partial charge in [0.05, 0.1) is 36.6 Å². The highest BCUT2D eigenvalue weighted by Gasteiger charge is 2.44. The predicted molar refractivity (Wildman–Crippen MR) is 109 cm³/mol. The third kappa shape index (κ3) is 4.49. The molecule has 1 fully saturated rings. The molecule has 8 heteroatoms. The van der Waals surface area contributed by atoms with E-state index < -0.39 is 23.9 Å². The molecule has 0 bridgehead atoms. The maximum absolute atomic E-state index is 14.3. The molecule has 29 heavy (non-hydrogen) atoms. The van der Waals surface area contributed by atoms with Crippen molar-refractivity contribution in [3.63, 3.8) is 0 Å². The topological polar surface area (TPSA) is 94.8 Å². The third-order valence-electron chi connectivity index (χ3n) is 4.75. The minimum atomic E-state index is -1.30. The summed E-state index contributed by atoms with van der Waals surface area (Å²) >= 11 is 0. The molecule has 1 amide bonds. The zero-order valence-corrected chi connectivity index (χ0v) is 17.4. The van der Waals surface area contributed by atoms with E-state index in [2.05, 4.69) is 5.32 Å². The number of nitrogens with one attached hydrogen (secondary N) is 1. The summed E-state index contributed by atoms with van der Waals surface area (Å²) in [6.07, 6.45) is 0. The first-order valence-electron chi connectivity index (χ1n) is 9.51. The van der Waals surface area contributed by atoms with Gasteiger partial charge in [0.1, 0.15) is 17.2 Å². The summed E-state index contributed by atoms with van der Waals surface area (Å²) in [5, 5.41) is 22.0. The number of carbonyl (C=O) groups is 2. The highest BCUT2D eigenvalue weighted by molar-refractivity contribution is 6.04. The van der Waals surface area contributed by atoms with Crippen molar-refractivity contribution in [2.45, 2.75) is 33.3 Å². The summed E-state index contributed by atoms with van der Waals surface area (Å²) in [7, 11) is 1.61. The zero-order chi connectivity index (χ0) is 21.9. The van der Waals surface area contributed by atoms with Crippen LogP contribution in [-0.2, 0) is 7.05 Å². The fraction of sp³-hybridized carbons (Fsp3) is 0.429. The number of aromatic nitrogens is 1. The van der Waals surface area contributed by atoms with Crippen molar-refractivity contribution in [1.82, 2.24) is 9.47 Å². The number of carbonyl (C=O) groups excluding carboxylic acids is 2. The average Bonchev–Trinajstić information content (AvgIpc) is 2.99. The lowest BCUT2D eigenvalue weighted by Crippen LogP contribution is -2.65. The number of ketones is 1. The summed E-state index contributed by atoms with van der Waals surface area (Å²) < 4.78 is 15.8. The van der Waals surface area contributed by atoms with Gasteiger partial charge in [0.15, 0.2) is 5.78 Å². The Morgan fingerprint density at radius 1 is 1.24 bits per heavy atom. The number of amides is 1. The van der Waals surface area contributed by atoms with Crippen molar-refractivity contribution < 1.29 is 24.2 Å². The second-order valence-electron chi connectivity index (χ2n) is 7.06. The molecule has 2 heterocycles. The molecule has 0 unspecified atom stereocenters. The summed E-state index contributed by atoms with van der Waals surface area (Å²) in [6.45, 7) is 6.69. The molecule has 1 aromatic carbocycles. The molecule has 0 saturated carbocycles. The number of hydrogen-bond acceptors (Lipinski definition) is 5. The van der Waals surface area contributed by atoms with Gasteiger partial charge in [-0.25, -0.2) is 4.39 Å². The first kappa shape index (κ1) is 22.6. The van der Waals surface area contributed by atoms with Crippen LogP contribution in [0.3, 0.4) is 0 Å². The molecule has 1 aromatic heterocycles. The van der Waals surface area contributed by atoms with Gasteiger partial charge in [0.25, 0.3) is 5.91 Å². The zero-order valence-electron chi connectivity index (χ0n) is 17.4. The SMILES string of the molecule is CC.CC(=O)c1cc(C(=O)N2CC(O)(CO)C2)c(Nc2ccc(C)cc2F)n1C. The van der Waals surface area contributed by atoms with Crippen LogP contribution in [0.2, 0.25) is 0 Å². The fourth-order valence-electron chi connectivity index (χ4n) is 3.18. The molecule has 1 aliphatic heterocycles. The molecule has 1 saturated heterocycles. The van der Waals surface area contributed by atoms with E-state index in [-0.39, 0.29) is 35.9 Å². The number of rotatable bonds is 5. The van der Waals surface area contributed by atoms with E-state index in [9.17, 15) is 19.1 Å². The largest absolute Gasteiger partial charge is 0.393 e. The van der Waals surface area contributed by atoms with Gasteiger partial charge in [-0.3, -0.25) is 9.59 Å². The van der Waals surface area contributed by atoms with Gasteiger partial charge in [-0.1, -0.05) is 19.9 Å². The number of hydrogen-bond donors (Lipinski definition) is 3. The Hall–Kier alpha value is -2.71. The van der Waals surface area contributed by atoms with Gasteiger partial charge in [-0.2, -0.15) is 0 Å². The highest BCUT2D eigenvalue weighted by Crippen LogP contribution is 2.30. The number of aliphatic hydroxyl groups is 2. The van der Waals surface area contributed by atoms with Gasteiger partial charge < -0.3 is 25.0 Å². The van der Waals surface area contributed by atoms with Crippen molar-refractivity contribution in [1.29, 1.82) is 0 Å². The Bertz CT molecular complexity index is 917. The van der Waals surface area contributed by atoms with E-state index in [1.54, 1.807) is 26.1 Å². The second-order valence-corrected chi connectivity index (χ2v) is 7.06. The first-order valence-corrected chi connectivity index (χ1v) is 9.51. The van der Waals surface area contributed by atoms with Crippen LogP contribution in [0.4, 0.5) is 15.9 Å². The van der Waals surface area contributed by atoms with Gasteiger partial charge in [-0.05, 0) is 30.7 Å².